The summed E-state index contributed by atoms with van der Waals surface area (Å²) in [6, 6.07) is 15.7. The Kier molecular flexibility index (Phi) is 4.71. The van der Waals surface area contributed by atoms with Crippen molar-refractivity contribution >= 4 is 11.6 Å². The largest absolute Gasteiger partial charge is 0.472 e. The lowest BCUT2D eigenvalue weighted by atomic mass is 10.0. The van der Waals surface area contributed by atoms with Crippen LogP contribution in [0.3, 0.4) is 0 Å². The van der Waals surface area contributed by atoms with Gasteiger partial charge in [-0.3, -0.25) is 19.4 Å². The quantitative estimate of drug-likeness (QED) is 0.502. The second-order valence-electron chi connectivity index (χ2n) is 7.42. The number of para-hydroxylation sites is 1. The van der Waals surface area contributed by atoms with Gasteiger partial charge < -0.3 is 4.74 Å². The third-order valence-corrected chi connectivity index (χ3v) is 5.25. The number of halogens is 1. The van der Waals surface area contributed by atoms with E-state index >= 15 is 0 Å². The van der Waals surface area contributed by atoms with Crippen LogP contribution in [0.1, 0.15) is 21.5 Å². The average Bonchev–Trinajstić information content (AvgIpc) is 3.22. The lowest BCUT2D eigenvalue weighted by Gasteiger charge is -2.29. The average molecular weight is 414 g/mol. The summed E-state index contributed by atoms with van der Waals surface area (Å²) >= 11 is 0. The van der Waals surface area contributed by atoms with Crippen LogP contribution in [0.5, 0.6) is 5.75 Å². The van der Waals surface area contributed by atoms with E-state index in [1.54, 1.807) is 41.2 Å². The Morgan fingerprint density at radius 3 is 2.65 bits per heavy atom. The summed E-state index contributed by atoms with van der Waals surface area (Å²) in [7, 11) is 1.87. The van der Waals surface area contributed by atoms with Gasteiger partial charge in [-0.25, -0.2) is 4.39 Å². The molecule has 1 aliphatic rings. The molecule has 0 fully saturated rings. The number of rotatable bonds is 4. The smallest absolute Gasteiger partial charge is 0.264 e. The fourth-order valence-corrected chi connectivity index (χ4v) is 3.66. The Bertz CT molecular complexity index is 1270. The van der Waals surface area contributed by atoms with Crippen LogP contribution in [0.25, 0.3) is 11.3 Å². The molecule has 7 heteroatoms. The van der Waals surface area contributed by atoms with E-state index in [9.17, 15) is 9.18 Å². The molecule has 0 unspecified atom stereocenters. The van der Waals surface area contributed by atoms with Crippen molar-refractivity contribution in [3.8, 4) is 17.0 Å². The highest BCUT2D eigenvalue weighted by molar-refractivity contribution is 6.08. The molecule has 31 heavy (non-hydrogen) atoms. The number of aryl methyl sites for hydroxylation is 1. The van der Waals surface area contributed by atoms with E-state index in [2.05, 4.69) is 10.1 Å². The molecule has 3 heterocycles. The molecule has 0 radical (unpaired) electrons. The van der Waals surface area contributed by atoms with Crippen molar-refractivity contribution in [3.63, 3.8) is 0 Å². The second-order valence-corrected chi connectivity index (χ2v) is 7.42. The first kappa shape index (κ1) is 19.0. The first-order valence-electron chi connectivity index (χ1n) is 9.84. The topological polar surface area (TPSA) is 60.2 Å². The van der Waals surface area contributed by atoms with E-state index < -0.39 is 5.82 Å². The number of amides is 1. The summed E-state index contributed by atoms with van der Waals surface area (Å²) in [4.78, 5) is 18.9. The van der Waals surface area contributed by atoms with Crippen molar-refractivity contribution in [3.05, 3.63) is 95.7 Å². The number of pyridine rings is 1. The van der Waals surface area contributed by atoms with Gasteiger partial charge in [-0.1, -0.05) is 24.3 Å². The van der Waals surface area contributed by atoms with Gasteiger partial charge in [0.15, 0.2) is 6.73 Å². The number of fused-ring (bicyclic) bond motifs is 1. The number of nitrogens with zero attached hydrogens (tertiary/aromatic N) is 4. The second kappa shape index (κ2) is 7.68. The molecule has 5 rings (SSSR count). The molecule has 0 atom stereocenters. The van der Waals surface area contributed by atoms with Crippen molar-refractivity contribution in [2.45, 2.75) is 6.42 Å². The zero-order valence-corrected chi connectivity index (χ0v) is 16.8. The molecular weight excluding hydrogens is 395 g/mol. The highest BCUT2D eigenvalue weighted by Crippen LogP contribution is 2.31. The Morgan fingerprint density at radius 1 is 1.06 bits per heavy atom. The Balaban J connectivity index is 1.38. The minimum Gasteiger partial charge on any atom is -0.472 e. The minimum absolute atomic E-state index is 0.0220. The summed E-state index contributed by atoms with van der Waals surface area (Å²) in [6.07, 6.45) is 6.13. The zero-order chi connectivity index (χ0) is 21.4. The number of hydrogen-bond donors (Lipinski definition) is 0. The Hall–Kier alpha value is -4.00. The van der Waals surface area contributed by atoms with Gasteiger partial charge in [0.1, 0.15) is 11.6 Å². The van der Waals surface area contributed by atoms with Crippen LogP contribution in [0.4, 0.5) is 10.1 Å². The fraction of sp³-hybridized carbons (Fsp3) is 0.125. The maximum atomic E-state index is 14.2. The Labute approximate surface area is 178 Å². The molecule has 2 aromatic heterocycles. The van der Waals surface area contributed by atoms with Crippen LogP contribution in [0, 0.1) is 5.82 Å². The molecule has 0 saturated carbocycles. The monoisotopic (exact) mass is 414 g/mol. The Morgan fingerprint density at radius 2 is 1.90 bits per heavy atom. The summed E-state index contributed by atoms with van der Waals surface area (Å²) in [5.74, 6) is -0.233. The van der Waals surface area contributed by atoms with Crippen LogP contribution in [-0.4, -0.2) is 27.4 Å². The molecule has 1 aliphatic heterocycles. The summed E-state index contributed by atoms with van der Waals surface area (Å²) < 4.78 is 21.6. The lowest BCUT2D eigenvalue weighted by Crippen LogP contribution is -2.39. The van der Waals surface area contributed by atoms with Crippen LogP contribution >= 0.6 is 0 Å². The highest BCUT2D eigenvalue weighted by Gasteiger charge is 2.28. The molecule has 1 amide bonds. The number of anilines is 1. The predicted octanol–water partition coefficient (Wildman–Crippen LogP) is 4.21. The normalized spacial score (nSPS) is 13.1. The molecular formula is C24H19FN4O2. The van der Waals surface area contributed by atoms with E-state index in [1.165, 1.54) is 11.0 Å². The molecule has 4 aromatic rings. The molecule has 0 saturated heterocycles. The summed E-state index contributed by atoms with van der Waals surface area (Å²) in [5, 5.41) is 4.17. The first-order chi connectivity index (χ1) is 15.1. The standard InChI is InChI=1S/C24H19FN4O2/c1-28-14-18(13-27-28)21-8-6-17(12-26-21)10-16-7-9-23-19(11-16)24(30)29(15-31-23)22-5-3-2-4-20(22)25/h2-9,11-14H,10,15H2,1H3. The summed E-state index contributed by atoms with van der Waals surface area (Å²) in [5.41, 5.74) is 4.40. The van der Waals surface area contributed by atoms with Crippen LogP contribution in [0.2, 0.25) is 0 Å². The van der Waals surface area contributed by atoms with E-state index in [-0.39, 0.29) is 18.3 Å². The number of hydrogen-bond acceptors (Lipinski definition) is 4. The molecule has 0 spiro atoms. The van der Waals surface area contributed by atoms with Gasteiger partial charge in [0.2, 0.25) is 0 Å². The van der Waals surface area contributed by atoms with Crippen molar-refractivity contribution in [2.75, 3.05) is 11.6 Å². The SMILES string of the molecule is Cn1cc(-c2ccc(Cc3ccc4c(c3)C(=O)N(c3ccccc3F)CO4)cn2)cn1. The third kappa shape index (κ3) is 3.66. The van der Waals surface area contributed by atoms with E-state index in [1.807, 2.05) is 37.6 Å². The zero-order valence-electron chi connectivity index (χ0n) is 16.8. The third-order valence-electron chi connectivity index (χ3n) is 5.25. The molecule has 154 valence electrons. The van der Waals surface area contributed by atoms with Crippen LogP contribution in [0.15, 0.2) is 73.2 Å². The number of aromatic nitrogens is 3. The van der Waals surface area contributed by atoms with Gasteiger partial charge in [-0.15, -0.1) is 0 Å². The van der Waals surface area contributed by atoms with Crippen molar-refractivity contribution in [2.24, 2.45) is 7.05 Å². The van der Waals surface area contributed by atoms with Gasteiger partial charge in [0, 0.05) is 25.0 Å². The van der Waals surface area contributed by atoms with Crippen LogP contribution < -0.4 is 9.64 Å². The number of ether oxygens (including phenoxy) is 1. The first-order valence-corrected chi connectivity index (χ1v) is 9.84. The van der Waals surface area contributed by atoms with Gasteiger partial charge in [-0.2, -0.15) is 5.10 Å². The van der Waals surface area contributed by atoms with Gasteiger partial charge in [-0.05, 0) is 47.9 Å². The van der Waals surface area contributed by atoms with Gasteiger partial charge in [0.25, 0.3) is 5.91 Å². The highest BCUT2D eigenvalue weighted by atomic mass is 19.1. The van der Waals surface area contributed by atoms with Gasteiger partial charge >= 0.3 is 0 Å². The number of carbonyl (C=O) groups excluding carboxylic acids is 1. The summed E-state index contributed by atoms with van der Waals surface area (Å²) in [6.45, 7) is -0.0220. The van der Waals surface area contributed by atoms with Crippen molar-refractivity contribution in [1.82, 2.24) is 14.8 Å². The van der Waals surface area contributed by atoms with Crippen LogP contribution in [-0.2, 0) is 13.5 Å². The van der Waals surface area contributed by atoms with E-state index in [4.69, 9.17) is 4.74 Å². The van der Waals surface area contributed by atoms with E-state index in [0.717, 1.165) is 22.4 Å². The molecule has 6 nitrogen and oxygen atoms in total. The maximum absolute atomic E-state index is 14.2. The van der Waals surface area contributed by atoms with Crippen molar-refractivity contribution in [1.29, 1.82) is 0 Å². The van der Waals surface area contributed by atoms with Gasteiger partial charge in [0.05, 0.1) is 23.1 Å². The molecule has 0 N–H and O–H groups in total. The predicted molar refractivity (Wildman–Crippen MR) is 114 cm³/mol. The van der Waals surface area contributed by atoms with E-state index in [0.29, 0.717) is 17.7 Å². The number of carbonyl (C=O) groups is 1. The molecule has 0 bridgehead atoms. The lowest BCUT2D eigenvalue weighted by molar-refractivity contribution is 0.0935. The maximum Gasteiger partial charge on any atom is 0.264 e. The molecule has 0 aliphatic carbocycles. The number of benzene rings is 2. The molecule has 2 aromatic carbocycles. The fourth-order valence-electron chi connectivity index (χ4n) is 3.66. The minimum atomic E-state index is -0.459. The van der Waals surface area contributed by atoms with Crippen molar-refractivity contribution < 1.29 is 13.9 Å².